The molecule has 1 saturated heterocycles. The lowest BCUT2D eigenvalue weighted by Crippen LogP contribution is -2.48. The standard InChI is InChI=1S/C25H32N4OS/c1-19-8-10-20(11-9-19)17-28-12-14-29(15-13-28)18-24(30)27-25-22(16-26)21-6-4-2-3-5-7-23(21)31-25/h8-11H,2-7,12-15,17-18H2,1H3,(H,27,30). The van der Waals surface area contributed by atoms with Gasteiger partial charge in [0, 0.05) is 37.6 Å². The van der Waals surface area contributed by atoms with Crippen LogP contribution in [-0.4, -0.2) is 48.4 Å². The number of aryl methyl sites for hydroxylation is 2. The molecular formula is C25H32N4OS. The molecule has 0 unspecified atom stereocenters. The number of piperazine rings is 1. The van der Waals surface area contributed by atoms with Crippen LogP contribution in [0.5, 0.6) is 0 Å². The van der Waals surface area contributed by atoms with Gasteiger partial charge in [-0.05, 0) is 43.7 Å². The Labute approximate surface area is 189 Å². The van der Waals surface area contributed by atoms with Gasteiger partial charge in [0.25, 0.3) is 0 Å². The number of hydrogen-bond donors (Lipinski definition) is 1. The summed E-state index contributed by atoms with van der Waals surface area (Å²) in [5, 5.41) is 13.5. The zero-order valence-electron chi connectivity index (χ0n) is 18.5. The van der Waals surface area contributed by atoms with Crippen molar-refractivity contribution in [1.29, 1.82) is 5.26 Å². The van der Waals surface area contributed by atoms with Crippen LogP contribution >= 0.6 is 11.3 Å². The number of thiophene rings is 1. The second-order valence-electron chi connectivity index (χ2n) is 8.82. The number of rotatable bonds is 5. The van der Waals surface area contributed by atoms with Crippen molar-refractivity contribution >= 4 is 22.2 Å². The molecule has 164 valence electrons. The molecule has 0 bridgehead atoms. The van der Waals surface area contributed by atoms with Crippen LogP contribution in [-0.2, 0) is 24.2 Å². The first-order valence-corrected chi connectivity index (χ1v) is 12.3. The Kier molecular flexibility index (Phi) is 7.39. The molecule has 2 heterocycles. The second kappa shape index (κ2) is 10.4. The van der Waals surface area contributed by atoms with Crippen molar-refractivity contribution < 1.29 is 4.79 Å². The number of nitriles is 1. The summed E-state index contributed by atoms with van der Waals surface area (Å²) >= 11 is 1.62. The van der Waals surface area contributed by atoms with E-state index in [4.69, 9.17) is 0 Å². The SMILES string of the molecule is Cc1ccc(CN2CCN(CC(=O)Nc3sc4c(c3C#N)CCCCCC4)CC2)cc1. The smallest absolute Gasteiger partial charge is 0.239 e. The first kappa shape index (κ1) is 22.0. The van der Waals surface area contributed by atoms with Gasteiger partial charge in [-0.3, -0.25) is 14.6 Å². The highest BCUT2D eigenvalue weighted by atomic mass is 32.1. The maximum Gasteiger partial charge on any atom is 0.239 e. The van der Waals surface area contributed by atoms with E-state index in [0.717, 1.165) is 57.0 Å². The van der Waals surface area contributed by atoms with E-state index >= 15 is 0 Å². The number of carbonyl (C=O) groups is 1. The summed E-state index contributed by atoms with van der Waals surface area (Å²) in [5.74, 6) is -0.00212. The van der Waals surface area contributed by atoms with Crippen molar-refractivity contribution in [2.75, 3.05) is 38.0 Å². The molecule has 2 aliphatic rings. The fraction of sp³-hybridized carbons (Fsp3) is 0.520. The van der Waals surface area contributed by atoms with Crippen molar-refractivity contribution in [3.05, 3.63) is 51.4 Å². The van der Waals surface area contributed by atoms with Gasteiger partial charge in [0.05, 0.1) is 12.1 Å². The summed E-state index contributed by atoms with van der Waals surface area (Å²) in [5.41, 5.74) is 4.52. The molecule has 2 aromatic rings. The molecule has 1 amide bonds. The van der Waals surface area contributed by atoms with Crippen molar-refractivity contribution in [3.8, 4) is 6.07 Å². The lowest BCUT2D eigenvalue weighted by Gasteiger charge is -2.34. The van der Waals surface area contributed by atoms with E-state index in [0.29, 0.717) is 12.1 Å². The van der Waals surface area contributed by atoms with Gasteiger partial charge < -0.3 is 5.32 Å². The number of carbonyl (C=O) groups excluding carboxylic acids is 1. The molecule has 31 heavy (non-hydrogen) atoms. The third kappa shape index (κ3) is 5.74. The number of fused-ring (bicyclic) bond motifs is 1. The number of nitrogens with zero attached hydrogens (tertiary/aromatic N) is 3. The third-order valence-corrected chi connectivity index (χ3v) is 7.60. The minimum absolute atomic E-state index is 0.00212. The van der Waals surface area contributed by atoms with Gasteiger partial charge in [-0.25, -0.2) is 0 Å². The highest BCUT2D eigenvalue weighted by molar-refractivity contribution is 7.16. The zero-order valence-corrected chi connectivity index (χ0v) is 19.3. The first-order chi connectivity index (χ1) is 15.1. The second-order valence-corrected chi connectivity index (χ2v) is 9.93. The van der Waals surface area contributed by atoms with Crippen LogP contribution in [0.25, 0.3) is 0 Å². The number of benzene rings is 1. The topological polar surface area (TPSA) is 59.4 Å². The van der Waals surface area contributed by atoms with Crippen LogP contribution in [0.3, 0.4) is 0 Å². The fourth-order valence-electron chi connectivity index (χ4n) is 4.55. The summed E-state index contributed by atoms with van der Waals surface area (Å²) in [7, 11) is 0. The largest absolute Gasteiger partial charge is 0.315 e. The third-order valence-electron chi connectivity index (χ3n) is 6.39. The quantitative estimate of drug-likeness (QED) is 0.757. The van der Waals surface area contributed by atoms with E-state index in [1.165, 1.54) is 40.8 Å². The number of anilines is 1. The average Bonchev–Trinajstić information content (AvgIpc) is 3.06. The van der Waals surface area contributed by atoms with E-state index in [1.54, 1.807) is 11.3 Å². The van der Waals surface area contributed by atoms with E-state index < -0.39 is 0 Å². The van der Waals surface area contributed by atoms with Crippen LogP contribution in [0.4, 0.5) is 5.00 Å². The van der Waals surface area contributed by atoms with Crippen LogP contribution < -0.4 is 5.32 Å². The Morgan fingerprint density at radius 2 is 1.71 bits per heavy atom. The molecule has 0 saturated carbocycles. The predicted molar refractivity (Wildman–Crippen MR) is 126 cm³/mol. The highest BCUT2D eigenvalue weighted by Crippen LogP contribution is 2.36. The molecule has 4 rings (SSSR count). The molecule has 0 atom stereocenters. The minimum atomic E-state index is -0.00212. The van der Waals surface area contributed by atoms with Gasteiger partial charge in [0.1, 0.15) is 11.1 Å². The van der Waals surface area contributed by atoms with Crippen molar-refractivity contribution in [1.82, 2.24) is 9.80 Å². The molecule has 1 fully saturated rings. The summed E-state index contributed by atoms with van der Waals surface area (Å²) in [4.78, 5) is 18.7. The first-order valence-electron chi connectivity index (χ1n) is 11.5. The van der Waals surface area contributed by atoms with E-state index in [2.05, 4.69) is 52.4 Å². The molecule has 1 aliphatic heterocycles. The van der Waals surface area contributed by atoms with Gasteiger partial charge in [0.2, 0.25) is 5.91 Å². The Bertz CT molecular complexity index is 936. The zero-order chi connectivity index (χ0) is 21.6. The monoisotopic (exact) mass is 436 g/mol. The number of hydrogen-bond acceptors (Lipinski definition) is 5. The fourth-order valence-corrected chi connectivity index (χ4v) is 5.81. The van der Waals surface area contributed by atoms with Crippen LogP contribution in [0.15, 0.2) is 24.3 Å². The van der Waals surface area contributed by atoms with Gasteiger partial charge in [-0.2, -0.15) is 5.26 Å². The summed E-state index contributed by atoms with van der Waals surface area (Å²) < 4.78 is 0. The predicted octanol–water partition coefficient (Wildman–Crippen LogP) is 4.34. The summed E-state index contributed by atoms with van der Waals surface area (Å²) in [6.45, 7) is 7.20. The van der Waals surface area contributed by atoms with Crippen LogP contribution in [0, 0.1) is 18.3 Å². The minimum Gasteiger partial charge on any atom is -0.315 e. The lowest BCUT2D eigenvalue weighted by molar-refractivity contribution is -0.117. The molecule has 1 aromatic carbocycles. The molecule has 1 aliphatic carbocycles. The van der Waals surface area contributed by atoms with E-state index in [1.807, 2.05) is 0 Å². The molecule has 0 spiro atoms. The van der Waals surface area contributed by atoms with Gasteiger partial charge in [0.15, 0.2) is 0 Å². The normalized spacial score (nSPS) is 17.9. The average molecular weight is 437 g/mol. The Morgan fingerprint density at radius 3 is 2.42 bits per heavy atom. The highest BCUT2D eigenvalue weighted by Gasteiger charge is 2.23. The van der Waals surface area contributed by atoms with Crippen LogP contribution in [0.2, 0.25) is 0 Å². The lowest BCUT2D eigenvalue weighted by atomic mass is 9.97. The van der Waals surface area contributed by atoms with Crippen LogP contribution in [0.1, 0.15) is 52.8 Å². The number of amides is 1. The van der Waals surface area contributed by atoms with E-state index in [9.17, 15) is 10.1 Å². The maximum atomic E-state index is 12.7. The summed E-state index contributed by atoms with van der Waals surface area (Å²) in [6, 6.07) is 11.1. The summed E-state index contributed by atoms with van der Waals surface area (Å²) in [6.07, 6.45) is 6.81. The molecule has 6 heteroatoms. The van der Waals surface area contributed by atoms with Crippen molar-refractivity contribution in [3.63, 3.8) is 0 Å². The Morgan fingerprint density at radius 1 is 1.03 bits per heavy atom. The Balaban J connectivity index is 1.29. The molecular weight excluding hydrogens is 404 g/mol. The van der Waals surface area contributed by atoms with Crippen molar-refractivity contribution in [2.24, 2.45) is 0 Å². The number of nitrogens with one attached hydrogen (secondary N) is 1. The van der Waals surface area contributed by atoms with Gasteiger partial charge in [-0.15, -0.1) is 11.3 Å². The molecule has 1 N–H and O–H groups in total. The van der Waals surface area contributed by atoms with Gasteiger partial charge >= 0.3 is 0 Å². The van der Waals surface area contributed by atoms with Crippen molar-refractivity contribution in [2.45, 2.75) is 52.0 Å². The van der Waals surface area contributed by atoms with Gasteiger partial charge in [-0.1, -0.05) is 42.7 Å². The maximum absolute atomic E-state index is 12.7. The van der Waals surface area contributed by atoms with E-state index in [-0.39, 0.29) is 5.91 Å². The molecule has 1 aromatic heterocycles. The molecule has 5 nitrogen and oxygen atoms in total. The molecule has 0 radical (unpaired) electrons. The Hall–Kier alpha value is -2.20.